The second-order valence-corrected chi connectivity index (χ2v) is 7.94. The first-order chi connectivity index (χ1) is 15.1. The van der Waals surface area contributed by atoms with E-state index in [0.29, 0.717) is 19.7 Å². The minimum atomic E-state index is -0.673. The van der Waals surface area contributed by atoms with E-state index >= 15 is 0 Å². The monoisotopic (exact) mass is 424 g/mol. The summed E-state index contributed by atoms with van der Waals surface area (Å²) >= 11 is 0. The molecule has 1 aromatic heterocycles. The van der Waals surface area contributed by atoms with E-state index in [2.05, 4.69) is 4.90 Å². The number of ketones is 1. The fraction of sp³-hybridized carbons (Fsp3) is 0.417. The number of amides is 1. The number of likely N-dealkylation sites (tertiary alicyclic amines) is 1. The standard InChI is InChI=1S/C24H28N2O5/c1-2-15-30-18-9-7-17(8-10-18)21-20(22(27)19-6-5-16-31-19)23(28)24(29)26(21)14-13-25-11-3-4-12-25/h5-10,16,21,28H,2-4,11-15H2,1H3. The van der Waals surface area contributed by atoms with Crippen molar-refractivity contribution in [1.82, 2.24) is 9.80 Å². The van der Waals surface area contributed by atoms with E-state index in [9.17, 15) is 14.7 Å². The van der Waals surface area contributed by atoms with Crippen LogP contribution in [0.1, 0.15) is 48.3 Å². The number of carbonyl (C=O) groups is 2. The molecule has 0 bridgehead atoms. The lowest BCUT2D eigenvalue weighted by molar-refractivity contribution is -0.129. The Bertz CT molecular complexity index is 943. The predicted molar refractivity (Wildman–Crippen MR) is 115 cm³/mol. The van der Waals surface area contributed by atoms with Gasteiger partial charge in [0.2, 0.25) is 5.78 Å². The minimum absolute atomic E-state index is 0.0589. The van der Waals surface area contributed by atoms with Crippen LogP contribution in [0.3, 0.4) is 0 Å². The van der Waals surface area contributed by atoms with Crippen LogP contribution in [0, 0.1) is 0 Å². The smallest absolute Gasteiger partial charge is 0.290 e. The highest BCUT2D eigenvalue weighted by atomic mass is 16.5. The third-order valence-corrected chi connectivity index (χ3v) is 5.82. The third kappa shape index (κ3) is 4.37. The van der Waals surface area contributed by atoms with E-state index < -0.39 is 23.5 Å². The topological polar surface area (TPSA) is 83.2 Å². The predicted octanol–water partition coefficient (Wildman–Crippen LogP) is 3.74. The Morgan fingerprint density at radius 2 is 1.90 bits per heavy atom. The summed E-state index contributed by atoms with van der Waals surface area (Å²) in [6.45, 7) is 5.80. The Labute approximate surface area is 181 Å². The first-order valence-corrected chi connectivity index (χ1v) is 10.9. The van der Waals surface area contributed by atoms with Crippen molar-refractivity contribution in [2.45, 2.75) is 32.2 Å². The number of ether oxygens (including phenoxy) is 1. The van der Waals surface area contributed by atoms with E-state index in [-0.39, 0.29) is 11.3 Å². The third-order valence-electron chi connectivity index (χ3n) is 5.82. The molecule has 2 aliphatic rings. The molecule has 1 fully saturated rings. The lowest BCUT2D eigenvalue weighted by Gasteiger charge is -2.28. The highest BCUT2D eigenvalue weighted by molar-refractivity contribution is 6.15. The summed E-state index contributed by atoms with van der Waals surface area (Å²) in [6, 6.07) is 9.84. The van der Waals surface area contributed by atoms with Gasteiger partial charge in [-0.05, 0) is 62.2 Å². The lowest BCUT2D eigenvalue weighted by atomic mass is 9.95. The zero-order chi connectivity index (χ0) is 21.8. The summed E-state index contributed by atoms with van der Waals surface area (Å²) in [6.07, 6.45) is 4.62. The van der Waals surface area contributed by atoms with Crippen molar-refractivity contribution in [3.05, 3.63) is 65.3 Å². The molecule has 1 saturated heterocycles. The van der Waals surface area contributed by atoms with Crippen molar-refractivity contribution in [2.24, 2.45) is 0 Å². The van der Waals surface area contributed by atoms with Crippen LogP contribution in [0.2, 0.25) is 0 Å². The number of aliphatic hydroxyl groups excluding tert-OH is 1. The van der Waals surface area contributed by atoms with Crippen LogP contribution in [0.5, 0.6) is 5.75 Å². The van der Waals surface area contributed by atoms with Crippen LogP contribution in [0.15, 0.2) is 58.4 Å². The van der Waals surface area contributed by atoms with Crippen molar-refractivity contribution in [3.63, 3.8) is 0 Å². The van der Waals surface area contributed by atoms with E-state index in [0.717, 1.165) is 43.7 Å². The molecule has 2 aromatic rings. The van der Waals surface area contributed by atoms with Crippen molar-refractivity contribution in [1.29, 1.82) is 0 Å². The van der Waals surface area contributed by atoms with Gasteiger partial charge in [-0.3, -0.25) is 9.59 Å². The highest BCUT2D eigenvalue weighted by Gasteiger charge is 2.44. The molecule has 4 rings (SSSR count). The zero-order valence-electron chi connectivity index (χ0n) is 17.8. The number of aliphatic hydroxyl groups is 1. The van der Waals surface area contributed by atoms with Crippen LogP contribution in [-0.4, -0.2) is 59.4 Å². The summed E-state index contributed by atoms with van der Waals surface area (Å²) < 4.78 is 10.9. The number of nitrogens with zero attached hydrogens (tertiary/aromatic N) is 2. The van der Waals surface area contributed by atoms with Gasteiger partial charge in [-0.1, -0.05) is 19.1 Å². The summed E-state index contributed by atoms with van der Waals surface area (Å²) in [5.74, 6) is -0.672. The maximum absolute atomic E-state index is 13.1. The Morgan fingerprint density at radius 3 is 2.55 bits per heavy atom. The lowest BCUT2D eigenvalue weighted by Crippen LogP contribution is -2.37. The van der Waals surface area contributed by atoms with Crippen LogP contribution < -0.4 is 4.74 Å². The molecule has 1 N–H and O–H groups in total. The summed E-state index contributed by atoms with van der Waals surface area (Å²) in [4.78, 5) is 30.0. The van der Waals surface area contributed by atoms with Crippen LogP contribution in [0.4, 0.5) is 0 Å². The average Bonchev–Trinajstić information content (AvgIpc) is 3.54. The quantitative estimate of drug-likeness (QED) is 0.618. The Hall–Kier alpha value is -3.06. The first-order valence-electron chi connectivity index (χ1n) is 10.9. The molecule has 2 aliphatic heterocycles. The van der Waals surface area contributed by atoms with Gasteiger partial charge in [0.05, 0.1) is 24.5 Å². The van der Waals surface area contributed by atoms with Gasteiger partial charge in [-0.25, -0.2) is 0 Å². The normalized spacial score (nSPS) is 19.5. The van der Waals surface area contributed by atoms with Crippen molar-refractivity contribution >= 4 is 11.7 Å². The SMILES string of the molecule is CCCOc1ccc(C2C(C(=O)c3ccco3)=C(O)C(=O)N2CCN2CCCC2)cc1. The zero-order valence-corrected chi connectivity index (χ0v) is 17.8. The van der Waals surface area contributed by atoms with Crippen molar-refractivity contribution in [3.8, 4) is 5.75 Å². The van der Waals surface area contributed by atoms with Gasteiger partial charge in [-0.2, -0.15) is 0 Å². The molecule has 31 heavy (non-hydrogen) atoms. The molecule has 7 heteroatoms. The maximum Gasteiger partial charge on any atom is 0.290 e. The van der Waals surface area contributed by atoms with Gasteiger partial charge in [0, 0.05) is 13.1 Å². The molecule has 1 unspecified atom stereocenters. The minimum Gasteiger partial charge on any atom is -0.503 e. The number of benzene rings is 1. The number of Topliss-reactive ketones (excluding diaryl/α,β-unsaturated/α-hetero) is 1. The fourth-order valence-corrected chi connectivity index (χ4v) is 4.22. The van der Waals surface area contributed by atoms with E-state index in [1.54, 1.807) is 17.0 Å². The first kappa shape index (κ1) is 21.2. The molecular formula is C24H28N2O5. The molecule has 3 heterocycles. The number of furan rings is 1. The van der Waals surface area contributed by atoms with Gasteiger partial charge in [0.15, 0.2) is 11.5 Å². The number of hydrogen-bond acceptors (Lipinski definition) is 6. The van der Waals surface area contributed by atoms with Gasteiger partial charge >= 0.3 is 0 Å². The summed E-state index contributed by atoms with van der Waals surface area (Å²) in [5, 5.41) is 10.7. The van der Waals surface area contributed by atoms with Gasteiger partial charge in [-0.15, -0.1) is 0 Å². The summed E-state index contributed by atoms with van der Waals surface area (Å²) in [7, 11) is 0. The molecule has 164 valence electrons. The Kier molecular flexibility index (Phi) is 6.42. The van der Waals surface area contributed by atoms with E-state index in [1.165, 1.54) is 6.26 Å². The highest BCUT2D eigenvalue weighted by Crippen LogP contribution is 2.39. The molecule has 1 aromatic carbocycles. The van der Waals surface area contributed by atoms with E-state index in [4.69, 9.17) is 9.15 Å². The maximum atomic E-state index is 13.1. The van der Waals surface area contributed by atoms with Crippen LogP contribution >= 0.6 is 0 Å². The Morgan fingerprint density at radius 1 is 1.16 bits per heavy atom. The van der Waals surface area contributed by atoms with E-state index in [1.807, 2.05) is 31.2 Å². The molecule has 0 spiro atoms. The van der Waals surface area contributed by atoms with Crippen LogP contribution in [0.25, 0.3) is 0 Å². The molecule has 1 amide bonds. The van der Waals surface area contributed by atoms with Gasteiger partial charge in [0.25, 0.3) is 5.91 Å². The summed E-state index contributed by atoms with van der Waals surface area (Å²) in [5.41, 5.74) is 0.807. The average molecular weight is 424 g/mol. The molecule has 7 nitrogen and oxygen atoms in total. The van der Waals surface area contributed by atoms with Crippen LogP contribution in [-0.2, 0) is 4.79 Å². The fourth-order valence-electron chi connectivity index (χ4n) is 4.22. The number of rotatable bonds is 9. The second-order valence-electron chi connectivity index (χ2n) is 7.94. The largest absolute Gasteiger partial charge is 0.503 e. The van der Waals surface area contributed by atoms with Gasteiger partial charge in [0.1, 0.15) is 5.75 Å². The van der Waals surface area contributed by atoms with Gasteiger partial charge < -0.3 is 24.1 Å². The number of carbonyl (C=O) groups excluding carboxylic acids is 2. The van der Waals surface area contributed by atoms with Crippen molar-refractivity contribution in [2.75, 3.05) is 32.8 Å². The van der Waals surface area contributed by atoms with Crippen molar-refractivity contribution < 1.29 is 23.8 Å². The molecular weight excluding hydrogens is 396 g/mol. The molecule has 0 aliphatic carbocycles. The second kappa shape index (κ2) is 9.39. The molecule has 0 radical (unpaired) electrons. The molecule has 0 saturated carbocycles. The Balaban J connectivity index is 1.64. The number of hydrogen-bond donors (Lipinski definition) is 1. The molecule has 1 atom stereocenters.